The molecule has 15 heavy (non-hydrogen) atoms. The zero-order chi connectivity index (χ0) is 11.1. The second kappa shape index (κ2) is 3.61. The lowest BCUT2D eigenvalue weighted by molar-refractivity contribution is -0.0729. The first-order valence-electron chi connectivity index (χ1n) is 5.42. The van der Waals surface area contributed by atoms with Crippen LogP contribution in [0.15, 0.2) is 6.20 Å². The number of aromatic amines is 1. The maximum atomic E-state index is 9.60. The standard InChI is InChI=1S/C11H19N3O/c1-7-8(6-13-14-7)5-12-9-4-10(15)11(9,2)3/h6,9-10,12,15H,4-5H2,1-3H3,(H,13,14). The van der Waals surface area contributed by atoms with Gasteiger partial charge in [0.05, 0.1) is 12.3 Å². The molecular weight excluding hydrogens is 190 g/mol. The number of hydrogen-bond acceptors (Lipinski definition) is 3. The average Bonchev–Trinajstić information content (AvgIpc) is 2.58. The van der Waals surface area contributed by atoms with Crippen molar-refractivity contribution in [1.29, 1.82) is 0 Å². The Morgan fingerprint density at radius 2 is 2.40 bits per heavy atom. The lowest BCUT2D eigenvalue weighted by Crippen LogP contribution is -2.59. The smallest absolute Gasteiger partial charge is 0.0621 e. The molecule has 2 unspecified atom stereocenters. The number of aromatic nitrogens is 2. The Morgan fingerprint density at radius 1 is 1.67 bits per heavy atom. The second-order valence-corrected chi connectivity index (χ2v) is 5.03. The molecule has 1 aliphatic rings. The van der Waals surface area contributed by atoms with Gasteiger partial charge in [-0.05, 0) is 13.3 Å². The molecule has 2 rings (SSSR count). The van der Waals surface area contributed by atoms with E-state index in [1.807, 2.05) is 13.1 Å². The zero-order valence-electron chi connectivity index (χ0n) is 9.54. The van der Waals surface area contributed by atoms with E-state index in [1.165, 1.54) is 5.56 Å². The molecule has 0 spiro atoms. The van der Waals surface area contributed by atoms with Gasteiger partial charge in [-0.25, -0.2) is 0 Å². The molecule has 4 heteroatoms. The first-order chi connectivity index (χ1) is 7.01. The van der Waals surface area contributed by atoms with E-state index in [0.717, 1.165) is 18.7 Å². The number of aliphatic hydroxyl groups is 1. The molecule has 0 saturated heterocycles. The Bertz CT molecular complexity index is 345. The van der Waals surface area contributed by atoms with Gasteiger partial charge in [-0.3, -0.25) is 5.10 Å². The van der Waals surface area contributed by atoms with Crippen LogP contribution in [0.1, 0.15) is 31.5 Å². The molecule has 1 aliphatic carbocycles. The highest BCUT2D eigenvalue weighted by Crippen LogP contribution is 2.40. The molecule has 0 aliphatic heterocycles. The summed E-state index contributed by atoms with van der Waals surface area (Å²) >= 11 is 0. The van der Waals surface area contributed by atoms with Crippen LogP contribution in [-0.2, 0) is 6.54 Å². The van der Waals surface area contributed by atoms with Crippen molar-refractivity contribution in [2.75, 3.05) is 0 Å². The number of nitrogens with zero attached hydrogens (tertiary/aromatic N) is 1. The summed E-state index contributed by atoms with van der Waals surface area (Å²) in [5.41, 5.74) is 2.31. The average molecular weight is 209 g/mol. The highest BCUT2D eigenvalue weighted by atomic mass is 16.3. The molecule has 4 nitrogen and oxygen atoms in total. The van der Waals surface area contributed by atoms with Crippen LogP contribution < -0.4 is 5.32 Å². The van der Waals surface area contributed by atoms with Crippen molar-refractivity contribution in [2.45, 2.75) is 45.9 Å². The van der Waals surface area contributed by atoms with Crippen LogP contribution in [-0.4, -0.2) is 27.4 Å². The fraction of sp³-hybridized carbons (Fsp3) is 0.727. The number of H-pyrrole nitrogens is 1. The van der Waals surface area contributed by atoms with Crippen LogP contribution in [0.2, 0.25) is 0 Å². The second-order valence-electron chi connectivity index (χ2n) is 5.03. The summed E-state index contributed by atoms with van der Waals surface area (Å²) in [4.78, 5) is 0. The molecule has 0 amide bonds. The summed E-state index contributed by atoms with van der Waals surface area (Å²) in [5, 5.41) is 20.0. The van der Waals surface area contributed by atoms with Gasteiger partial charge in [0.15, 0.2) is 0 Å². The SMILES string of the molecule is Cc1[nH]ncc1CNC1CC(O)C1(C)C. The Morgan fingerprint density at radius 3 is 2.87 bits per heavy atom. The van der Waals surface area contributed by atoms with Gasteiger partial charge in [-0.1, -0.05) is 13.8 Å². The number of aryl methyl sites for hydroxylation is 1. The lowest BCUT2D eigenvalue weighted by Gasteiger charge is -2.49. The van der Waals surface area contributed by atoms with E-state index in [2.05, 4.69) is 29.4 Å². The van der Waals surface area contributed by atoms with Gasteiger partial charge in [0, 0.05) is 29.3 Å². The fourth-order valence-electron chi connectivity index (χ4n) is 2.04. The number of nitrogens with one attached hydrogen (secondary N) is 2. The third-order valence-corrected chi connectivity index (χ3v) is 3.69. The van der Waals surface area contributed by atoms with Crippen LogP contribution in [0.4, 0.5) is 0 Å². The molecular formula is C11H19N3O. The quantitative estimate of drug-likeness (QED) is 0.695. The Labute approximate surface area is 90.1 Å². The normalized spacial score (nSPS) is 28.8. The topological polar surface area (TPSA) is 60.9 Å². The van der Waals surface area contributed by atoms with Gasteiger partial charge in [0.2, 0.25) is 0 Å². The predicted molar refractivity (Wildman–Crippen MR) is 58.4 cm³/mol. The Balaban J connectivity index is 1.88. The van der Waals surface area contributed by atoms with Crippen LogP contribution in [0.3, 0.4) is 0 Å². The molecule has 0 bridgehead atoms. The largest absolute Gasteiger partial charge is 0.392 e. The van der Waals surface area contributed by atoms with E-state index in [9.17, 15) is 5.11 Å². The highest BCUT2D eigenvalue weighted by molar-refractivity contribution is 5.14. The Kier molecular flexibility index (Phi) is 2.56. The number of aliphatic hydroxyl groups excluding tert-OH is 1. The van der Waals surface area contributed by atoms with Gasteiger partial charge >= 0.3 is 0 Å². The zero-order valence-corrected chi connectivity index (χ0v) is 9.54. The molecule has 84 valence electrons. The van der Waals surface area contributed by atoms with Crippen molar-refractivity contribution in [1.82, 2.24) is 15.5 Å². The van der Waals surface area contributed by atoms with Gasteiger partial charge in [0.25, 0.3) is 0 Å². The van der Waals surface area contributed by atoms with Crippen molar-refractivity contribution in [3.63, 3.8) is 0 Å². The molecule has 2 atom stereocenters. The maximum Gasteiger partial charge on any atom is 0.0621 e. The third kappa shape index (κ3) is 1.79. The minimum absolute atomic E-state index is 0.00234. The van der Waals surface area contributed by atoms with Crippen LogP contribution >= 0.6 is 0 Å². The summed E-state index contributed by atoms with van der Waals surface area (Å²) in [5.74, 6) is 0. The van der Waals surface area contributed by atoms with Crippen molar-refractivity contribution in [3.8, 4) is 0 Å². The van der Waals surface area contributed by atoms with Crippen LogP contribution in [0.25, 0.3) is 0 Å². The molecule has 0 aromatic carbocycles. The lowest BCUT2D eigenvalue weighted by atomic mass is 9.64. The molecule has 1 aromatic heterocycles. The van der Waals surface area contributed by atoms with E-state index in [1.54, 1.807) is 0 Å². The van der Waals surface area contributed by atoms with Crippen molar-refractivity contribution >= 4 is 0 Å². The van der Waals surface area contributed by atoms with E-state index in [4.69, 9.17) is 0 Å². The third-order valence-electron chi connectivity index (χ3n) is 3.69. The van der Waals surface area contributed by atoms with Crippen molar-refractivity contribution in [2.24, 2.45) is 5.41 Å². The first-order valence-corrected chi connectivity index (χ1v) is 5.42. The minimum atomic E-state index is -0.166. The summed E-state index contributed by atoms with van der Waals surface area (Å²) in [6.07, 6.45) is 2.54. The van der Waals surface area contributed by atoms with Crippen molar-refractivity contribution in [3.05, 3.63) is 17.5 Å². The number of rotatable bonds is 3. The van der Waals surface area contributed by atoms with E-state index in [-0.39, 0.29) is 11.5 Å². The van der Waals surface area contributed by atoms with Gasteiger partial charge in [-0.15, -0.1) is 0 Å². The van der Waals surface area contributed by atoms with Crippen molar-refractivity contribution < 1.29 is 5.11 Å². The summed E-state index contributed by atoms with van der Waals surface area (Å²) < 4.78 is 0. The van der Waals surface area contributed by atoms with Crippen LogP contribution in [0.5, 0.6) is 0 Å². The molecule has 1 heterocycles. The summed E-state index contributed by atoms with van der Waals surface area (Å²) in [6.45, 7) is 7.04. The summed E-state index contributed by atoms with van der Waals surface area (Å²) in [7, 11) is 0. The molecule has 3 N–H and O–H groups in total. The molecule has 1 fully saturated rings. The van der Waals surface area contributed by atoms with E-state index in [0.29, 0.717) is 6.04 Å². The predicted octanol–water partition coefficient (Wildman–Crippen LogP) is 0.967. The van der Waals surface area contributed by atoms with Gasteiger partial charge in [0.1, 0.15) is 0 Å². The molecule has 1 saturated carbocycles. The van der Waals surface area contributed by atoms with E-state index >= 15 is 0 Å². The first kappa shape index (κ1) is 10.6. The summed E-state index contributed by atoms with van der Waals surface area (Å²) in [6, 6.07) is 0.404. The minimum Gasteiger partial charge on any atom is -0.392 e. The monoisotopic (exact) mass is 209 g/mol. The van der Waals surface area contributed by atoms with E-state index < -0.39 is 0 Å². The van der Waals surface area contributed by atoms with Gasteiger partial charge in [-0.2, -0.15) is 5.10 Å². The fourth-order valence-corrected chi connectivity index (χ4v) is 2.04. The number of hydrogen-bond donors (Lipinski definition) is 3. The Hall–Kier alpha value is -0.870. The molecule has 1 aromatic rings. The van der Waals surface area contributed by atoms with Crippen LogP contribution in [0, 0.1) is 12.3 Å². The van der Waals surface area contributed by atoms with Gasteiger partial charge < -0.3 is 10.4 Å². The maximum absolute atomic E-state index is 9.60. The molecule has 0 radical (unpaired) electrons. The highest BCUT2D eigenvalue weighted by Gasteiger charge is 2.46.